The third kappa shape index (κ3) is 4.58. The van der Waals surface area contributed by atoms with Crippen LogP contribution in [0.25, 0.3) is 0 Å². The van der Waals surface area contributed by atoms with Gasteiger partial charge in [0.1, 0.15) is 5.54 Å². The fraction of sp³-hybridized carbons (Fsp3) is 0.562. The second kappa shape index (κ2) is 7.83. The molecular weight excluding hydrogens is 362 g/mol. The summed E-state index contributed by atoms with van der Waals surface area (Å²) in [6, 6.07) is 6.97. The van der Waals surface area contributed by atoms with E-state index in [1.54, 1.807) is 27.7 Å². The average molecular weight is 388 g/mol. The van der Waals surface area contributed by atoms with Gasteiger partial charge in [-0.05, 0) is 37.1 Å². The van der Waals surface area contributed by atoms with Crippen LogP contribution in [0.5, 0.6) is 0 Å². The van der Waals surface area contributed by atoms with Gasteiger partial charge in [-0.25, -0.2) is 16.8 Å². The Bertz CT molecular complexity index is 836. The predicted molar refractivity (Wildman–Crippen MR) is 95.7 cm³/mol. The predicted octanol–water partition coefficient (Wildman–Crippen LogP) is 1.93. The largest absolute Gasteiger partial charge is 0.243 e. The van der Waals surface area contributed by atoms with Crippen molar-refractivity contribution in [3.8, 4) is 6.07 Å². The smallest absolute Gasteiger partial charge is 0.207 e. The molecule has 0 saturated heterocycles. The van der Waals surface area contributed by atoms with Gasteiger partial charge in [-0.3, -0.25) is 0 Å². The summed E-state index contributed by atoms with van der Waals surface area (Å²) in [6.07, 6.45) is 0. The van der Waals surface area contributed by atoms with Crippen molar-refractivity contribution in [2.75, 3.05) is 13.1 Å². The Hall–Kier alpha value is -1.47. The Labute approximate surface area is 150 Å². The number of nitrogens with one attached hydrogen (secondary N) is 1. The standard InChI is InChI=1S/C16H25N3O4S2/c1-6-19(7-2)25(22,23)15-10-8-14(9-11-15)24(20,21)18-16(5,12-17)13(3)4/h8-11,13,18H,6-7H2,1-5H3/t16-/m0/s1. The molecule has 0 amide bonds. The molecule has 0 aliphatic rings. The van der Waals surface area contributed by atoms with Crippen LogP contribution < -0.4 is 4.72 Å². The van der Waals surface area contributed by atoms with E-state index in [2.05, 4.69) is 4.72 Å². The maximum absolute atomic E-state index is 12.5. The lowest BCUT2D eigenvalue weighted by Gasteiger charge is -2.27. The van der Waals surface area contributed by atoms with Crippen molar-refractivity contribution < 1.29 is 16.8 Å². The van der Waals surface area contributed by atoms with E-state index in [1.807, 2.05) is 6.07 Å². The Kier molecular flexibility index (Phi) is 6.75. The zero-order chi connectivity index (χ0) is 19.5. The van der Waals surface area contributed by atoms with Crippen LogP contribution in [0.3, 0.4) is 0 Å². The summed E-state index contributed by atoms with van der Waals surface area (Å²) in [5.41, 5.74) is -1.26. The molecule has 0 aliphatic carbocycles. The van der Waals surface area contributed by atoms with Crippen LogP contribution in [0.2, 0.25) is 0 Å². The molecule has 0 aliphatic heterocycles. The van der Waals surface area contributed by atoms with E-state index in [0.717, 1.165) is 0 Å². The van der Waals surface area contributed by atoms with Crippen LogP contribution in [0, 0.1) is 17.2 Å². The van der Waals surface area contributed by atoms with E-state index < -0.39 is 25.6 Å². The highest BCUT2D eigenvalue weighted by molar-refractivity contribution is 7.89. The Balaban J connectivity index is 3.21. The van der Waals surface area contributed by atoms with Gasteiger partial charge in [-0.15, -0.1) is 0 Å². The maximum Gasteiger partial charge on any atom is 0.243 e. The van der Waals surface area contributed by atoms with Gasteiger partial charge >= 0.3 is 0 Å². The highest BCUT2D eigenvalue weighted by atomic mass is 32.2. The van der Waals surface area contributed by atoms with E-state index in [9.17, 15) is 22.1 Å². The van der Waals surface area contributed by atoms with Gasteiger partial charge in [0.2, 0.25) is 20.0 Å². The molecule has 0 heterocycles. The van der Waals surface area contributed by atoms with Crippen molar-refractivity contribution in [3.63, 3.8) is 0 Å². The summed E-state index contributed by atoms with van der Waals surface area (Å²) in [5, 5.41) is 9.27. The first-order valence-corrected chi connectivity index (χ1v) is 10.9. The summed E-state index contributed by atoms with van der Waals surface area (Å²) in [6.45, 7) is 9.12. The van der Waals surface area contributed by atoms with Crippen LogP contribution >= 0.6 is 0 Å². The van der Waals surface area contributed by atoms with Crippen LogP contribution in [0.4, 0.5) is 0 Å². The number of rotatable bonds is 8. The van der Waals surface area contributed by atoms with Crippen molar-refractivity contribution in [2.24, 2.45) is 5.92 Å². The highest BCUT2D eigenvalue weighted by Gasteiger charge is 2.34. The number of benzene rings is 1. The van der Waals surface area contributed by atoms with Crippen molar-refractivity contribution >= 4 is 20.0 Å². The van der Waals surface area contributed by atoms with Gasteiger partial charge in [0.05, 0.1) is 15.9 Å². The minimum atomic E-state index is -3.95. The molecule has 0 unspecified atom stereocenters. The minimum absolute atomic E-state index is 0.0297. The van der Waals surface area contributed by atoms with Gasteiger partial charge in [0, 0.05) is 13.1 Å². The van der Waals surface area contributed by atoms with Gasteiger partial charge in [-0.2, -0.15) is 14.3 Å². The lowest BCUT2D eigenvalue weighted by Crippen LogP contribution is -2.48. The van der Waals surface area contributed by atoms with Crippen molar-refractivity contribution in [3.05, 3.63) is 24.3 Å². The Morgan fingerprint density at radius 3 is 1.88 bits per heavy atom. The van der Waals surface area contributed by atoms with Crippen LogP contribution in [0.1, 0.15) is 34.6 Å². The van der Waals surface area contributed by atoms with E-state index in [1.165, 1.54) is 35.5 Å². The Morgan fingerprint density at radius 2 is 1.52 bits per heavy atom. The van der Waals surface area contributed by atoms with Gasteiger partial charge in [-0.1, -0.05) is 27.7 Å². The van der Waals surface area contributed by atoms with E-state index >= 15 is 0 Å². The molecule has 1 rings (SSSR count). The topological polar surface area (TPSA) is 107 Å². The molecule has 1 aromatic rings. The van der Waals surface area contributed by atoms with E-state index in [-0.39, 0.29) is 15.7 Å². The lowest BCUT2D eigenvalue weighted by atomic mass is 9.92. The number of nitrogens with zero attached hydrogens (tertiary/aromatic N) is 2. The van der Waals surface area contributed by atoms with E-state index in [0.29, 0.717) is 13.1 Å². The summed E-state index contributed by atoms with van der Waals surface area (Å²) in [5.74, 6) is -0.241. The first-order valence-electron chi connectivity index (χ1n) is 8.00. The zero-order valence-corrected chi connectivity index (χ0v) is 16.8. The fourth-order valence-electron chi connectivity index (χ4n) is 2.11. The SMILES string of the molecule is CCN(CC)S(=O)(=O)c1ccc(S(=O)(=O)N[C@@](C)(C#N)C(C)C)cc1. The lowest BCUT2D eigenvalue weighted by molar-refractivity contribution is 0.388. The van der Waals surface area contributed by atoms with Crippen LogP contribution in [0.15, 0.2) is 34.1 Å². The van der Waals surface area contributed by atoms with Gasteiger partial charge in [0.15, 0.2) is 0 Å². The van der Waals surface area contributed by atoms with Crippen molar-refractivity contribution in [1.82, 2.24) is 9.03 Å². The summed E-state index contributed by atoms with van der Waals surface area (Å²) in [7, 11) is -7.60. The fourth-order valence-corrected chi connectivity index (χ4v) is 5.02. The number of hydrogen-bond acceptors (Lipinski definition) is 5. The molecule has 9 heteroatoms. The van der Waals surface area contributed by atoms with E-state index in [4.69, 9.17) is 0 Å². The first kappa shape index (κ1) is 21.6. The molecule has 0 bridgehead atoms. The number of nitriles is 1. The summed E-state index contributed by atoms with van der Waals surface area (Å²) < 4.78 is 53.5. The third-order valence-electron chi connectivity index (χ3n) is 4.21. The van der Waals surface area contributed by atoms with Crippen molar-refractivity contribution in [1.29, 1.82) is 5.26 Å². The normalized spacial score (nSPS) is 15.1. The summed E-state index contributed by atoms with van der Waals surface area (Å²) in [4.78, 5) is -0.0600. The van der Waals surface area contributed by atoms with Gasteiger partial charge < -0.3 is 0 Å². The molecular formula is C16H25N3O4S2. The molecule has 140 valence electrons. The van der Waals surface area contributed by atoms with Crippen LogP contribution in [-0.2, 0) is 20.0 Å². The number of sulfonamides is 2. The highest BCUT2D eigenvalue weighted by Crippen LogP contribution is 2.22. The number of hydrogen-bond donors (Lipinski definition) is 1. The van der Waals surface area contributed by atoms with Crippen molar-refractivity contribution in [2.45, 2.75) is 49.9 Å². The second-order valence-electron chi connectivity index (χ2n) is 6.14. The second-order valence-corrected chi connectivity index (χ2v) is 9.76. The Morgan fingerprint density at radius 1 is 1.08 bits per heavy atom. The first-order chi connectivity index (χ1) is 11.4. The molecule has 0 fully saturated rings. The maximum atomic E-state index is 12.5. The molecule has 7 nitrogen and oxygen atoms in total. The quantitative estimate of drug-likeness (QED) is 0.733. The molecule has 1 aromatic carbocycles. The molecule has 0 aromatic heterocycles. The zero-order valence-electron chi connectivity index (χ0n) is 15.1. The monoisotopic (exact) mass is 387 g/mol. The molecule has 1 atom stereocenters. The average Bonchev–Trinajstić information content (AvgIpc) is 2.55. The molecule has 0 radical (unpaired) electrons. The minimum Gasteiger partial charge on any atom is -0.207 e. The van der Waals surface area contributed by atoms with Crippen LogP contribution in [-0.4, -0.2) is 39.8 Å². The molecule has 25 heavy (non-hydrogen) atoms. The molecule has 0 saturated carbocycles. The third-order valence-corrected chi connectivity index (χ3v) is 7.86. The summed E-state index contributed by atoms with van der Waals surface area (Å²) >= 11 is 0. The van der Waals surface area contributed by atoms with Gasteiger partial charge in [0.25, 0.3) is 0 Å². The molecule has 0 spiro atoms. The molecule has 1 N–H and O–H groups in total.